The van der Waals surface area contributed by atoms with E-state index in [1.165, 1.54) is 0 Å². The number of hydrogen-bond donors (Lipinski definition) is 2. The minimum Gasteiger partial charge on any atom is -0.355 e. The zero-order valence-corrected chi connectivity index (χ0v) is 15.0. The molecule has 1 atom stereocenters. The summed E-state index contributed by atoms with van der Waals surface area (Å²) in [6, 6.07) is 8.71. The molecule has 1 aromatic heterocycles. The van der Waals surface area contributed by atoms with Crippen LogP contribution in [-0.2, 0) is 4.79 Å². The molecule has 1 unspecified atom stereocenters. The molecule has 0 saturated carbocycles. The quantitative estimate of drug-likeness (QED) is 0.830. The number of rotatable bonds is 5. The number of piperidine rings is 1. The molecule has 8 heteroatoms. The predicted octanol–water partition coefficient (Wildman–Crippen LogP) is 1.92. The molecule has 7 nitrogen and oxygen atoms in total. The van der Waals surface area contributed by atoms with Crippen molar-refractivity contribution in [2.75, 3.05) is 26.2 Å². The van der Waals surface area contributed by atoms with Crippen LogP contribution in [0.4, 0.5) is 0 Å². The fourth-order valence-corrected chi connectivity index (χ4v) is 3.13. The summed E-state index contributed by atoms with van der Waals surface area (Å²) in [7, 11) is 0. The Labute approximate surface area is 156 Å². The Morgan fingerprint density at radius 2 is 2.12 bits per heavy atom. The number of carbonyl (C=O) groups excluding carboxylic acids is 2. The minimum absolute atomic E-state index is 0.0602. The molecule has 0 bridgehead atoms. The van der Waals surface area contributed by atoms with Gasteiger partial charge in [0.15, 0.2) is 11.5 Å². The normalized spacial score (nSPS) is 17.2. The summed E-state index contributed by atoms with van der Waals surface area (Å²) in [5.74, 6) is -0.0126. The van der Waals surface area contributed by atoms with Crippen LogP contribution in [0.2, 0.25) is 5.02 Å². The summed E-state index contributed by atoms with van der Waals surface area (Å²) in [5, 5.41) is 7.30. The molecule has 2 aromatic rings. The Morgan fingerprint density at radius 3 is 2.85 bits per heavy atom. The summed E-state index contributed by atoms with van der Waals surface area (Å²) < 4.78 is 5.30. The predicted molar refractivity (Wildman–Crippen MR) is 97.6 cm³/mol. The highest BCUT2D eigenvalue weighted by molar-refractivity contribution is 6.30. The maximum Gasteiger partial charge on any atom is 0.276 e. The van der Waals surface area contributed by atoms with Crippen LogP contribution >= 0.6 is 11.6 Å². The fourth-order valence-electron chi connectivity index (χ4n) is 3.00. The highest BCUT2D eigenvalue weighted by Crippen LogP contribution is 2.24. The molecule has 26 heavy (non-hydrogen) atoms. The summed E-state index contributed by atoms with van der Waals surface area (Å²) in [6.45, 7) is 1.81. The SMILES string of the molecule is NCCNC(=O)C1CCCN(C(=O)c2cc(-c3ccc(Cl)cc3)on2)C1. The fraction of sp³-hybridized carbons (Fsp3) is 0.389. The Hall–Kier alpha value is -2.38. The van der Waals surface area contributed by atoms with Gasteiger partial charge in [0.05, 0.1) is 5.92 Å². The van der Waals surface area contributed by atoms with Crippen molar-refractivity contribution in [3.63, 3.8) is 0 Å². The van der Waals surface area contributed by atoms with Gasteiger partial charge in [-0.25, -0.2) is 0 Å². The molecule has 0 spiro atoms. The largest absolute Gasteiger partial charge is 0.355 e. The van der Waals surface area contributed by atoms with Crippen molar-refractivity contribution in [1.82, 2.24) is 15.4 Å². The maximum atomic E-state index is 12.7. The molecule has 0 radical (unpaired) electrons. The van der Waals surface area contributed by atoms with Crippen LogP contribution < -0.4 is 11.1 Å². The van der Waals surface area contributed by atoms with Crippen molar-refractivity contribution in [3.8, 4) is 11.3 Å². The van der Waals surface area contributed by atoms with Gasteiger partial charge >= 0.3 is 0 Å². The first kappa shape index (κ1) is 18.4. The molecule has 2 amide bonds. The lowest BCUT2D eigenvalue weighted by Crippen LogP contribution is -2.46. The molecule has 0 aliphatic carbocycles. The van der Waals surface area contributed by atoms with Crippen molar-refractivity contribution in [2.24, 2.45) is 11.7 Å². The van der Waals surface area contributed by atoms with E-state index in [1.807, 2.05) is 0 Å². The van der Waals surface area contributed by atoms with Gasteiger partial charge < -0.3 is 20.5 Å². The van der Waals surface area contributed by atoms with Crippen LogP contribution in [-0.4, -0.2) is 48.0 Å². The Bertz CT molecular complexity index is 775. The highest BCUT2D eigenvalue weighted by Gasteiger charge is 2.30. The number of carbonyl (C=O) groups is 2. The number of nitrogens with two attached hydrogens (primary N) is 1. The summed E-state index contributed by atoms with van der Waals surface area (Å²) >= 11 is 5.88. The van der Waals surface area contributed by atoms with E-state index >= 15 is 0 Å². The molecule has 1 aromatic carbocycles. The molecule has 1 aliphatic rings. The minimum atomic E-state index is -0.231. The van der Waals surface area contributed by atoms with Crippen LogP contribution in [0.25, 0.3) is 11.3 Å². The van der Waals surface area contributed by atoms with Gasteiger partial charge in [0.1, 0.15) is 0 Å². The second-order valence-electron chi connectivity index (χ2n) is 6.25. The monoisotopic (exact) mass is 376 g/mol. The lowest BCUT2D eigenvalue weighted by atomic mass is 9.97. The second-order valence-corrected chi connectivity index (χ2v) is 6.69. The number of aromatic nitrogens is 1. The summed E-state index contributed by atoms with van der Waals surface area (Å²) in [4.78, 5) is 26.5. The Balaban J connectivity index is 1.67. The van der Waals surface area contributed by atoms with Gasteiger partial charge in [-0.15, -0.1) is 0 Å². The number of nitrogens with zero attached hydrogens (tertiary/aromatic N) is 2. The van der Waals surface area contributed by atoms with Crippen LogP contribution in [0.5, 0.6) is 0 Å². The third-order valence-electron chi connectivity index (χ3n) is 4.38. The first-order chi connectivity index (χ1) is 12.6. The number of likely N-dealkylation sites (tertiary alicyclic amines) is 1. The number of halogens is 1. The second kappa shape index (κ2) is 8.33. The van der Waals surface area contributed by atoms with Crippen molar-refractivity contribution in [3.05, 3.63) is 41.0 Å². The lowest BCUT2D eigenvalue weighted by molar-refractivity contribution is -0.126. The third-order valence-corrected chi connectivity index (χ3v) is 4.63. The van der Waals surface area contributed by atoms with E-state index in [1.54, 1.807) is 35.2 Å². The highest BCUT2D eigenvalue weighted by atomic mass is 35.5. The van der Waals surface area contributed by atoms with Crippen LogP contribution in [0, 0.1) is 5.92 Å². The van der Waals surface area contributed by atoms with E-state index in [-0.39, 0.29) is 23.4 Å². The van der Waals surface area contributed by atoms with Gasteiger partial charge in [-0.05, 0) is 37.1 Å². The summed E-state index contributed by atoms with van der Waals surface area (Å²) in [6.07, 6.45) is 1.53. The molecular weight excluding hydrogens is 356 g/mol. The molecule has 3 rings (SSSR count). The topological polar surface area (TPSA) is 101 Å². The molecule has 3 N–H and O–H groups in total. The number of amides is 2. The third kappa shape index (κ3) is 4.23. The van der Waals surface area contributed by atoms with Crippen LogP contribution in [0.1, 0.15) is 23.3 Å². The smallest absolute Gasteiger partial charge is 0.276 e. The van der Waals surface area contributed by atoms with Gasteiger partial charge in [-0.1, -0.05) is 16.8 Å². The van der Waals surface area contributed by atoms with Crippen molar-refractivity contribution in [2.45, 2.75) is 12.8 Å². The van der Waals surface area contributed by atoms with E-state index in [0.29, 0.717) is 37.0 Å². The zero-order chi connectivity index (χ0) is 18.5. The van der Waals surface area contributed by atoms with Gasteiger partial charge in [0.2, 0.25) is 5.91 Å². The van der Waals surface area contributed by atoms with Gasteiger partial charge in [0.25, 0.3) is 5.91 Å². The number of hydrogen-bond acceptors (Lipinski definition) is 5. The van der Waals surface area contributed by atoms with Crippen LogP contribution in [0.3, 0.4) is 0 Å². The van der Waals surface area contributed by atoms with E-state index in [4.69, 9.17) is 21.9 Å². The van der Waals surface area contributed by atoms with Crippen molar-refractivity contribution < 1.29 is 14.1 Å². The van der Waals surface area contributed by atoms with E-state index < -0.39 is 0 Å². The zero-order valence-electron chi connectivity index (χ0n) is 14.3. The molecule has 1 saturated heterocycles. The maximum absolute atomic E-state index is 12.7. The van der Waals surface area contributed by atoms with E-state index in [9.17, 15) is 9.59 Å². The molecule has 138 valence electrons. The standard InChI is InChI=1S/C18H21ClN4O3/c19-14-5-3-12(4-6-14)16-10-15(22-26-16)18(25)23-9-1-2-13(11-23)17(24)21-8-7-20/h3-6,10,13H,1-2,7-9,11,20H2,(H,21,24). The van der Waals surface area contributed by atoms with Crippen molar-refractivity contribution >= 4 is 23.4 Å². The first-order valence-corrected chi connectivity index (χ1v) is 8.96. The van der Waals surface area contributed by atoms with E-state index in [0.717, 1.165) is 18.4 Å². The average Bonchev–Trinajstić information content (AvgIpc) is 3.16. The van der Waals surface area contributed by atoms with Crippen LogP contribution in [0.15, 0.2) is 34.9 Å². The van der Waals surface area contributed by atoms with Gasteiger partial charge in [-0.2, -0.15) is 0 Å². The first-order valence-electron chi connectivity index (χ1n) is 8.58. The number of benzene rings is 1. The number of nitrogens with one attached hydrogen (secondary N) is 1. The molecule has 1 fully saturated rings. The van der Waals surface area contributed by atoms with E-state index in [2.05, 4.69) is 10.5 Å². The summed E-state index contributed by atoms with van der Waals surface area (Å²) in [5.41, 5.74) is 6.44. The molecule has 1 aliphatic heterocycles. The van der Waals surface area contributed by atoms with Crippen molar-refractivity contribution in [1.29, 1.82) is 0 Å². The lowest BCUT2D eigenvalue weighted by Gasteiger charge is -2.31. The van der Waals surface area contributed by atoms with Gasteiger partial charge in [0, 0.05) is 42.8 Å². The Morgan fingerprint density at radius 1 is 1.35 bits per heavy atom. The van der Waals surface area contributed by atoms with Gasteiger partial charge in [-0.3, -0.25) is 9.59 Å². The molecular formula is C18H21ClN4O3. The molecule has 2 heterocycles. The average molecular weight is 377 g/mol. The Kier molecular flexibility index (Phi) is 5.90.